The van der Waals surface area contributed by atoms with Gasteiger partial charge < -0.3 is 5.32 Å². The first-order chi connectivity index (χ1) is 8.95. The number of nitrogens with one attached hydrogen (secondary N) is 2. The number of hydrogen-bond donors (Lipinski definition) is 2. The van der Waals surface area contributed by atoms with Crippen LogP contribution < -0.4 is 10.0 Å². The van der Waals surface area contributed by atoms with Gasteiger partial charge in [0, 0.05) is 18.8 Å². The predicted molar refractivity (Wildman–Crippen MR) is 75.5 cm³/mol. The highest BCUT2D eigenvalue weighted by Crippen LogP contribution is 2.07. The summed E-state index contributed by atoms with van der Waals surface area (Å²) in [5.74, 6) is 0. The highest BCUT2D eigenvalue weighted by molar-refractivity contribution is 7.89. The molecule has 0 aliphatic carbocycles. The van der Waals surface area contributed by atoms with E-state index in [0.717, 1.165) is 25.9 Å². The van der Waals surface area contributed by atoms with Crippen LogP contribution in [0.2, 0.25) is 0 Å². The zero-order chi connectivity index (χ0) is 14.3. The Balaban J connectivity index is 2.48. The molecular formula is C12H24N4O2S. The van der Waals surface area contributed by atoms with Crippen LogP contribution in [-0.2, 0) is 16.6 Å². The maximum atomic E-state index is 11.9. The van der Waals surface area contributed by atoms with Crippen LogP contribution in [0.3, 0.4) is 0 Å². The quantitative estimate of drug-likeness (QED) is 0.664. The normalized spacial score (nSPS) is 12.2. The minimum absolute atomic E-state index is 0.119. The molecule has 0 saturated heterocycles. The van der Waals surface area contributed by atoms with E-state index < -0.39 is 10.0 Å². The average Bonchev–Trinajstić information content (AvgIpc) is 2.76. The van der Waals surface area contributed by atoms with E-state index in [2.05, 4.69) is 22.1 Å². The van der Waals surface area contributed by atoms with E-state index in [1.54, 1.807) is 24.7 Å². The number of aryl methyl sites for hydroxylation is 1. The lowest BCUT2D eigenvalue weighted by atomic mass is 10.4. The summed E-state index contributed by atoms with van der Waals surface area (Å²) >= 11 is 0. The van der Waals surface area contributed by atoms with E-state index >= 15 is 0 Å². The first-order valence-electron chi connectivity index (χ1n) is 6.71. The Bertz CT molecular complexity index is 468. The summed E-state index contributed by atoms with van der Waals surface area (Å²) in [5.41, 5.74) is 0. The molecule has 6 nitrogen and oxygen atoms in total. The van der Waals surface area contributed by atoms with Gasteiger partial charge in [-0.15, -0.1) is 0 Å². The van der Waals surface area contributed by atoms with Gasteiger partial charge in [0.15, 0.2) is 0 Å². The first-order valence-corrected chi connectivity index (χ1v) is 8.19. The lowest BCUT2D eigenvalue weighted by molar-refractivity contribution is 0.541. The Labute approximate surface area is 115 Å². The summed E-state index contributed by atoms with van der Waals surface area (Å²) < 4.78 is 28.0. The van der Waals surface area contributed by atoms with Gasteiger partial charge in [0.05, 0.1) is 6.20 Å². The lowest BCUT2D eigenvalue weighted by Crippen LogP contribution is -2.29. The molecule has 0 saturated carbocycles. The minimum atomic E-state index is -3.43. The zero-order valence-corrected chi connectivity index (χ0v) is 12.7. The van der Waals surface area contributed by atoms with E-state index in [0.29, 0.717) is 6.54 Å². The van der Waals surface area contributed by atoms with Crippen LogP contribution in [0.15, 0.2) is 17.3 Å². The number of aromatic nitrogens is 2. The van der Waals surface area contributed by atoms with Gasteiger partial charge in [0.2, 0.25) is 10.0 Å². The second-order valence-corrected chi connectivity index (χ2v) is 6.53. The average molecular weight is 288 g/mol. The molecule has 7 heteroatoms. The van der Waals surface area contributed by atoms with E-state index in [-0.39, 0.29) is 10.9 Å². The largest absolute Gasteiger partial charge is 0.317 e. The highest BCUT2D eigenvalue weighted by atomic mass is 32.2. The molecule has 1 aromatic heterocycles. The molecule has 0 atom stereocenters. The van der Waals surface area contributed by atoms with Crippen LogP contribution in [0.5, 0.6) is 0 Å². The van der Waals surface area contributed by atoms with E-state index in [4.69, 9.17) is 0 Å². The minimum Gasteiger partial charge on any atom is -0.317 e. The van der Waals surface area contributed by atoms with Gasteiger partial charge in [-0.1, -0.05) is 6.92 Å². The van der Waals surface area contributed by atoms with Crippen molar-refractivity contribution in [2.75, 3.05) is 13.1 Å². The Kier molecular flexibility index (Phi) is 6.47. The third-order valence-electron chi connectivity index (χ3n) is 2.48. The lowest BCUT2D eigenvalue weighted by Gasteiger charge is -2.07. The number of rotatable bonds is 9. The molecule has 0 amide bonds. The van der Waals surface area contributed by atoms with Crippen LogP contribution >= 0.6 is 0 Å². The Hall–Kier alpha value is -0.920. The Morgan fingerprint density at radius 2 is 2.11 bits per heavy atom. The number of nitrogens with zero attached hydrogens (tertiary/aromatic N) is 2. The number of sulfonamides is 1. The molecule has 1 heterocycles. The Morgan fingerprint density at radius 1 is 1.37 bits per heavy atom. The third kappa shape index (κ3) is 5.71. The predicted octanol–water partition coefficient (Wildman–Crippen LogP) is 0.960. The standard InChI is InChI=1S/C12H24N4O2S/c1-4-6-13-7-5-8-16-10-12(9-14-16)19(17,18)15-11(2)3/h9-11,13,15H,4-8H2,1-3H3. The van der Waals surface area contributed by atoms with Gasteiger partial charge in [-0.05, 0) is 39.8 Å². The smallest absolute Gasteiger partial charge is 0.243 e. The van der Waals surface area contributed by atoms with Crippen molar-refractivity contribution in [2.45, 2.75) is 51.1 Å². The highest BCUT2D eigenvalue weighted by Gasteiger charge is 2.17. The molecule has 0 aliphatic rings. The van der Waals surface area contributed by atoms with Crippen molar-refractivity contribution in [3.05, 3.63) is 12.4 Å². The maximum Gasteiger partial charge on any atom is 0.243 e. The molecule has 1 rings (SSSR count). The van der Waals surface area contributed by atoms with Crippen molar-refractivity contribution >= 4 is 10.0 Å². The van der Waals surface area contributed by atoms with E-state index in [9.17, 15) is 8.42 Å². The van der Waals surface area contributed by atoms with Crippen molar-refractivity contribution in [2.24, 2.45) is 0 Å². The van der Waals surface area contributed by atoms with Gasteiger partial charge in [0.1, 0.15) is 4.90 Å². The van der Waals surface area contributed by atoms with Gasteiger partial charge >= 0.3 is 0 Å². The summed E-state index contributed by atoms with van der Waals surface area (Å²) in [7, 11) is -3.43. The molecule has 110 valence electrons. The summed E-state index contributed by atoms with van der Waals surface area (Å²) in [6.45, 7) is 8.35. The summed E-state index contributed by atoms with van der Waals surface area (Å²) in [5, 5.41) is 7.37. The number of hydrogen-bond acceptors (Lipinski definition) is 4. The van der Waals surface area contributed by atoms with Gasteiger partial charge in [-0.2, -0.15) is 5.10 Å². The SMILES string of the molecule is CCCNCCCn1cc(S(=O)(=O)NC(C)C)cn1. The zero-order valence-electron chi connectivity index (χ0n) is 11.9. The molecule has 2 N–H and O–H groups in total. The van der Waals surface area contributed by atoms with Crippen molar-refractivity contribution in [1.29, 1.82) is 0 Å². The van der Waals surface area contributed by atoms with Crippen LogP contribution in [0.25, 0.3) is 0 Å². The Morgan fingerprint density at radius 3 is 2.74 bits per heavy atom. The molecule has 0 aromatic carbocycles. The van der Waals surface area contributed by atoms with Crippen LogP contribution in [0.4, 0.5) is 0 Å². The maximum absolute atomic E-state index is 11.9. The molecular weight excluding hydrogens is 264 g/mol. The van der Waals surface area contributed by atoms with Gasteiger partial charge in [0.25, 0.3) is 0 Å². The fourth-order valence-electron chi connectivity index (χ4n) is 1.65. The topological polar surface area (TPSA) is 76.0 Å². The molecule has 0 spiro atoms. The van der Waals surface area contributed by atoms with E-state index in [1.807, 2.05) is 0 Å². The van der Waals surface area contributed by atoms with E-state index in [1.165, 1.54) is 6.20 Å². The second kappa shape index (κ2) is 7.62. The summed E-state index contributed by atoms with van der Waals surface area (Å²) in [6, 6.07) is -0.119. The first kappa shape index (κ1) is 16.1. The molecule has 0 aliphatic heterocycles. The molecule has 0 bridgehead atoms. The van der Waals surface area contributed by atoms with Crippen molar-refractivity contribution < 1.29 is 8.42 Å². The van der Waals surface area contributed by atoms with Crippen molar-refractivity contribution in [3.8, 4) is 0 Å². The van der Waals surface area contributed by atoms with Crippen LogP contribution in [-0.4, -0.2) is 37.3 Å². The fourth-order valence-corrected chi connectivity index (χ4v) is 2.85. The van der Waals surface area contributed by atoms with Crippen molar-refractivity contribution in [1.82, 2.24) is 19.8 Å². The molecule has 0 radical (unpaired) electrons. The second-order valence-electron chi connectivity index (χ2n) is 4.82. The third-order valence-corrected chi connectivity index (χ3v) is 4.09. The molecule has 0 fully saturated rings. The molecule has 1 aromatic rings. The molecule has 0 unspecified atom stereocenters. The van der Waals surface area contributed by atoms with Crippen LogP contribution in [0.1, 0.15) is 33.6 Å². The fraction of sp³-hybridized carbons (Fsp3) is 0.750. The van der Waals surface area contributed by atoms with Gasteiger partial charge in [-0.25, -0.2) is 13.1 Å². The monoisotopic (exact) mass is 288 g/mol. The van der Waals surface area contributed by atoms with Crippen molar-refractivity contribution in [3.63, 3.8) is 0 Å². The van der Waals surface area contributed by atoms with Gasteiger partial charge in [-0.3, -0.25) is 4.68 Å². The summed E-state index contributed by atoms with van der Waals surface area (Å²) in [4.78, 5) is 0.225. The van der Waals surface area contributed by atoms with Crippen LogP contribution in [0, 0.1) is 0 Å². The molecule has 19 heavy (non-hydrogen) atoms. The summed E-state index contributed by atoms with van der Waals surface area (Å²) in [6.07, 6.45) is 5.01.